The fraction of sp³-hybridized carbons (Fsp3) is 0.273. The molecule has 4 N–H and O–H groups in total. The number of carboxylic acids is 1. The SMILES string of the molecule is COC(CNC(=O)c1ccc(Cl)c(N)c1)C(=O)O. The van der Waals surface area contributed by atoms with Crippen LogP contribution < -0.4 is 11.1 Å². The van der Waals surface area contributed by atoms with Crippen molar-refractivity contribution in [2.45, 2.75) is 6.10 Å². The van der Waals surface area contributed by atoms with Gasteiger partial charge in [-0.05, 0) is 18.2 Å². The van der Waals surface area contributed by atoms with Crippen LogP contribution in [-0.4, -0.2) is 36.7 Å². The number of hydrogen-bond donors (Lipinski definition) is 3. The first-order chi connectivity index (χ1) is 8.45. The second kappa shape index (κ2) is 6.23. The minimum absolute atomic E-state index is 0.132. The summed E-state index contributed by atoms with van der Waals surface area (Å²) in [6, 6.07) is 4.41. The van der Waals surface area contributed by atoms with E-state index in [4.69, 9.17) is 22.4 Å². The fourth-order valence-electron chi connectivity index (χ4n) is 1.24. The number of halogens is 1. The van der Waals surface area contributed by atoms with E-state index < -0.39 is 18.0 Å². The van der Waals surface area contributed by atoms with Crippen LogP contribution in [0.25, 0.3) is 0 Å². The molecule has 0 aliphatic rings. The van der Waals surface area contributed by atoms with Crippen molar-refractivity contribution in [2.75, 3.05) is 19.4 Å². The van der Waals surface area contributed by atoms with Gasteiger partial charge in [0.1, 0.15) is 0 Å². The second-order valence-electron chi connectivity index (χ2n) is 3.51. The van der Waals surface area contributed by atoms with Crippen molar-refractivity contribution in [2.24, 2.45) is 0 Å². The molecule has 0 aromatic heterocycles. The summed E-state index contributed by atoms with van der Waals surface area (Å²) in [5.74, 6) is -1.59. The van der Waals surface area contributed by atoms with Crippen molar-refractivity contribution < 1.29 is 19.4 Å². The third-order valence-electron chi connectivity index (χ3n) is 2.27. The van der Waals surface area contributed by atoms with Gasteiger partial charge in [-0.15, -0.1) is 0 Å². The molecule has 7 heteroatoms. The number of nitrogen functional groups attached to an aromatic ring is 1. The number of rotatable bonds is 5. The number of carbonyl (C=O) groups is 2. The van der Waals surface area contributed by atoms with Crippen LogP contribution in [-0.2, 0) is 9.53 Å². The Hall–Kier alpha value is -1.79. The molecule has 18 heavy (non-hydrogen) atoms. The Balaban J connectivity index is 2.65. The van der Waals surface area contributed by atoms with Crippen LogP contribution in [0.1, 0.15) is 10.4 Å². The number of carboxylic acid groups (broad SMARTS) is 1. The summed E-state index contributed by atoms with van der Waals surface area (Å²) in [6.07, 6.45) is -1.08. The molecule has 6 nitrogen and oxygen atoms in total. The second-order valence-corrected chi connectivity index (χ2v) is 3.92. The summed E-state index contributed by atoms with van der Waals surface area (Å²) < 4.78 is 4.68. The third kappa shape index (κ3) is 3.61. The van der Waals surface area contributed by atoms with E-state index in [1.165, 1.54) is 25.3 Å². The summed E-state index contributed by atoms with van der Waals surface area (Å²) in [6.45, 7) is -0.132. The van der Waals surface area contributed by atoms with Gasteiger partial charge in [-0.1, -0.05) is 11.6 Å². The van der Waals surface area contributed by atoms with Crippen molar-refractivity contribution in [3.05, 3.63) is 28.8 Å². The summed E-state index contributed by atoms with van der Waals surface area (Å²) >= 11 is 5.72. The molecule has 0 saturated heterocycles. The lowest BCUT2D eigenvalue weighted by molar-refractivity contribution is -0.148. The van der Waals surface area contributed by atoms with Crippen molar-refractivity contribution in [3.8, 4) is 0 Å². The maximum absolute atomic E-state index is 11.7. The molecule has 0 spiro atoms. The molecule has 0 aliphatic heterocycles. The zero-order valence-corrected chi connectivity index (χ0v) is 10.4. The number of nitrogens with two attached hydrogens (primary N) is 1. The number of amides is 1. The minimum Gasteiger partial charge on any atom is -0.479 e. The Morgan fingerprint density at radius 3 is 2.72 bits per heavy atom. The monoisotopic (exact) mass is 272 g/mol. The number of hydrogen-bond acceptors (Lipinski definition) is 4. The minimum atomic E-state index is -1.14. The van der Waals surface area contributed by atoms with E-state index in [1.807, 2.05) is 0 Å². The van der Waals surface area contributed by atoms with Crippen molar-refractivity contribution in [3.63, 3.8) is 0 Å². The van der Waals surface area contributed by atoms with E-state index in [2.05, 4.69) is 10.1 Å². The quantitative estimate of drug-likeness (QED) is 0.687. The zero-order chi connectivity index (χ0) is 13.7. The molecule has 98 valence electrons. The number of anilines is 1. The average molecular weight is 273 g/mol. The van der Waals surface area contributed by atoms with E-state index in [1.54, 1.807) is 0 Å². The Labute approximate surface area is 109 Å². The average Bonchev–Trinajstić information content (AvgIpc) is 2.32. The predicted octanol–water partition coefficient (Wildman–Crippen LogP) is 0.752. The molecule has 1 atom stereocenters. The Bertz CT molecular complexity index is 464. The largest absolute Gasteiger partial charge is 0.479 e. The number of benzene rings is 1. The highest BCUT2D eigenvalue weighted by molar-refractivity contribution is 6.33. The summed E-state index contributed by atoms with van der Waals surface area (Å²) in [7, 11) is 1.26. The molecule has 1 aromatic carbocycles. The molecule has 0 radical (unpaired) electrons. The van der Waals surface area contributed by atoms with Gasteiger partial charge in [0.05, 0.1) is 17.3 Å². The smallest absolute Gasteiger partial charge is 0.334 e. The van der Waals surface area contributed by atoms with Gasteiger partial charge in [0.2, 0.25) is 0 Å². The summed E-state index contributed by atoms with van der Waals surface area (Å²) in [4.78, 5) is 22.4. The van der Waals surface area contributed by atoms with Crippen LogP contribution in [0, 0.1) is 0 Å². The van der Waals surface area contributed by atoms with Crippen LogP contribution in [0.4, 0.5) is 5.69 Å². The van der Waals surface area contributed by atoms with E-state index in [9.17, 15) is 9.59 Å². The highest BCUT2D eigenvalue weighted by Crippen LogP contribution is 2.19. The summed E-state index contributed by atoms with van der Waals surface area (Å²) in [5.41, 5.74) is 6.14. The molecule has 1 aromatic rings. The van der Waals surface area contributed by atoms with Gasteiger partial charge in [-0.2, -0.15) is 0 Å². The van der Waals surface area contributed by atoms with Gasteiger partial charge in [0.15, 0.2) is 6.10 Å². The molecular weight excluding hydrogens is 260 g/mol. The molecule has 0 fully saturated rings. The first kappa shape index (κ1) is 14.3. The van der Waals surface area contributed by atoms with Gasteiger partial charge in [-0.25, -0.2) is 4.79 Å². The topological polar surface area (TPSA) is 102 Å². The Morgan fingerprint density at radius 1 is 1.56 bits per heavy atom. The van der Waals surface area contributed by atoms with Crippen LogP contribution in [0.3, 0.4) is 0 Å². The fourth-order valence-corrected chi connectivity index (χ4v) is 1.36. The van der Waals surface area contributed by atoms with Crippen molar-refractivity contribution in [1.82, 2.24) is 5.32 Å². The Morgan fingerprint density at radius 2 is 2.22 bits per heavy atom. The van der Waals surface area contributed by atoms with Crippen molar-refractivity contribution in [1.29, 1.82) is 0 Å². The van der Waals surface area contributed by atoms with E-state index in [0.717, 1.165) is 0 Å². The predicted molar refractivity (Wildman–Crippen MR) is 66.6 cm³/mol. The third-order valence-corrected chi connectivity index (χ3v) is 2.61. The molecule has 1 rings (SSSR count). The molecule has 1 unspecified atom stereocenters. The van der Waals surface area contributed by atoms with Gasteiger partial charge in [-0.3, -0.25) is 4.79 Å². The highest BCUT2D eigenvalue weighted by Gasteiger charge is 2.17. The normalized spacial score (nSPS) is 11.9. The van der Waals surface area contributed by atoms with E-state index >= 15 is 0 Å². The molecule has 0 bridgehead atoms. The van der Waals surface area contributed by atoms with Gasteiger partial charge >= 0.3 is 5.97 Å². The Kier molecular flexibility index (Phi) is 4.94. The van der Waals surface area contributed by atoms with Gasteiger partial charge in [0, 0.05) is 12.7 Å². The summed E-state index contributed by atoms with van der Waals surface area (Å²) in [5, 5.41) is 11.5. The first-order valence-electron chi connectivity index (χ1n) is 5.04. The maximum Gasteiger partial charge on any atom is 0.334 e. The van der Waals surface area contributed by atoms with Crippen LogP contribution in [0.5, 0.6) is 0 Å². The molecular formula is C11H13ClN2O4. The van der Waals surface area contributed by atoms with E-state index in [-0.39, 0.29) is 12.2 Å². The molecule has 0 heterocycles. The maximum atomic E-state index is 11.7. The van der Waals surface area contributed by atoms with E-state index in [0.29, 0.717) is 10.6 Å². The van der Waals surface area contributed by atoms with Crippen LogP contribution >= 0.6 is 11.6 Å². The number of methoxy groups -OCH3 is 1. The first-order valence-corrected chi connectivity index (χ1v) is 5.42. The standard InChI is InChI=1S/C11H13ClN2O4/c1-18-9(11(16)17)5-14-10(15)6-2-3-7(12)8(13)4-6/h2-4,9H,5,13H2,1H3,(H,14,15)(H,16,17). The van der Waals surface area contributed by atoms with Crippen LogP contribution in [0.2, 0.25) is 5.02 Å². The zero-order valence-electron chi connectivity index (χ0n) is 9.64. The van der Waals surface area contributed by atoms with Crippen LogP contribution in [0.15, 0.2) is 18.2 Å². The lowest BCUT2D eigenvalue weighted by atomic mass is 10.2. The number of aliphatic carboxylic acids is 1. The van der Waals surface area contributed by atoms with Gasteiger partial charge in [0.25, 0.3) is 5.91 Å². The number of nitrogens with one attached hydrogen (secondary N) is 1. The van der Waals surface area contributed by atoms with Crippen molar-refractivity contribution >= 4 is 29.2 Å². The molecule has 0 saturated carbocycles. The number of ether oxygens (including phenoxy) is 1. The number of carbonyl (C=O) groups excluding carboxylic acids is 1. The molecule has 0 aliphatic carbocycles. The van der Waals surface area contributed by atoms with Gasteiger partial charge < -0.3 is 20.9 Å². The lowest BCUT2D eigenvalue weighted by Gasteiger charge is -2.11. The molecule has 1 amide bonds. The highest BCUT2D eigenvalue weighted by atomic mass is 35.5. The lowest BCUT2D eigenvalue weighted by Crippen LogP contribution is -2.37.